The van der Waals surface area contributed by atoms with Crippen LogP contribution in [0, 0.1) is 5.92 Å². The molecule has 0 heterocycles. The standard InChI is InChI=1S/C15H18O2/c16-15(17)14(11-6-7-11)13-8-5-10-3-1-2-4-12(10)9-13/h5,8-9,11,14H,1-4,6-7H2,(H,16,17). The van der Waals surface area contributed by atoms with Crippen molar-refractivity contribution in [2.24, 2.45) is 5.92 Å². The summed E-state index contributed by atoms with van der Waals surface area (Å²) in [5.41, 5.74) is 3.85. The summed E-state index contributed by atoms with van der Waals surface area (Å²) in [4.78, 5) is 11.3. The van der Waals surface area contributed by atoms with Gasteiger partial charge in [0.2, 0.25) is 0 Å². The average molecular weight is 230 g/mol. The van der Waals surface area contributed by atoms with Gasteiger partial charge in [-0.1, -0.05) is 18.2 Å². The molecule has 17 heavy (non-hydrogen) atoms. The third-order valence-electron chi connectivity index (χ3n) is 4.09. The van der Waals surface area contributed by atoms with Crippen molar-refractivity contribution in [2.45, 2.75) is 44.4 Å². The highest BCUT2D eigenvalue weighted by atomic mass is 16.4. The molecular formula is C15H18O2. The maximum absolute atomic E-state index is 11.3. The molecule has 1 aromatic carbocycles. The molecule has 0 aliphatic heterocycles. The second-order valence-electron chi connectivity index (χ2n) is 5.39. The summed E-state index contributed by atoms with van der Waals surface area (Å²) in [5.74, 6) is -0.528. The van der Waals surface area contributed by atoms with Gasteiger partial charge in [-0.15, -0.1) is 0 Å². The molecule has 2 nitrogen and oxygen atoms in total. The maximum atomic E-state index is 11.3. The van der Waals surface area contributed by atoms with Gasteiger partial charge in [-0.3, -0.25) is 4.79 Å². The largest absolute Gasteiger partial charge is 0.481 e. The fourth-order valence-corrected chi connectivity index (χ4v) is 2.99. The van der Waals surface area contributed by atoms with E-state index in [-0.39, 0.29) is 5.92 Å². The second kappa shape index (κ2) is 4.17. The number of benzene rings is 1. The van der Waals surface area contributed by atoms with Crippen LogP contribution >= 0.6 is 0 Å². The zero-order chi connectivity index (χ0) is 11.8. The van der Waals surface area contributed by atoms with Crippen LogP contribution < -0.4 is 0 Å². The van der Waals surface area contributed by atoms with Crippen LogP contribution in [0.15, 0.2) is 18.2 Å². The van der Waals surface area contributed by atoms with Crippen LogP contribution in [-0.2, 0) is 17.6 Å². The maximum Gasteiger partial charge on any atom is 0.311 e. The van der Waals surface area contributed by atoms with Crippen molar-refractivity contribution in [1.29, 1.82) is 0 Å². The minimum Gasteiger partial charge on any atom is -0.481 e. The number of carbonyl (C=O) groups is 1. The average Bonchev–Trinajstić information content (AvgIpc) is 3.13. The van der Waals surface area contributed by atoms with Crippen LogP contribution in [-0.4, -0.2) is 11.1 Å². The van der Waals surface area contributed by atoms with E-state index in [9.17, 15) is 9.90 Å². The Balaban J connectivity index is 1.93. The molecule has 0 radical (unpaired) electrons. The van der Waals surface area contributed by atoms with Crippen molar-refractivity contribution >= 4 is 5.97 Å². The van der Waals surface area contributed by atoms with Gasteiger partial charge in [-0.05, 0) is 61.1 Å². The lowest BCUT2D eigenvalue weighted by atomic mass is 9.86. The molecule has 1 unspecified atom stereocenters. The summed E-state index contributed by atoms with van der Waals surface area (Å²) in [6.07, 6.45) is 6.97. The first-order chi connectivity index (χ1) is 8.25. The quantitative estimate of drug-likeness (QED) is 0.866. The van der Waals surface area contributed by atoms with E-state index in [0.29, 0.717) is 5.92 Å². The van der Waals surface area contributed by atoms with Gasteiger partial charge >= 0.3 is 5.97 Å². The minimum absolute atomic E-state index is 0.262. The van der Waals surface area contributed by atoms with E-state index in [4.69, 9.17) is 0 Å². The highest BCUT2D eigenvalue weighted by Gasteiger charge is 2.37. The summed E-state index contributed by atoms with van der Waals surface area (Å²) in [7, 11) is 0. The van der Waals surface area contributed by atoms with Crippen LogP contribution in [0.1, 0.15) is 48.3 Å². The van der Waals surface area contributed by atoms with Gasteiger partial charge in [0, 0.05) is 0 Å². The lowest BCUT2D eigenvalue weighted by Gasteiger charge is -2.19. The highest BCUT2D eigenvalue weighted by molar-refractivity contribution is 5.77. The third kappa shape index (κ3) is 2.08. The van der Waals surface area contributed by atoms with Crippen molar-refractivity contribution in [3.05, 3.63) is 34.9 Å². The van der Waals surface area contributed by atoms with Gasteiger partial charge in [0.25, 0.3) is 0 Å². The lowest BCUT2D eigenvalue weighted by molar-refractivity contribution is -0.139. The molecule has 0 spiro atoms. The van der Waals surface area contributed by atoms with E-state index in [2.05, 4.69) is 12.1 Å². The number of hydrogen-bond donors (Lipinski definition) is 1. The molecule has 1 N–H and O–H groups in total. The lowest BCUT2D eigenvalue weighted by Crippen LogP contribution is -2.15. The fraction of sp³-hybridized carbons (Fsp3) is 0.533. The number of fused-ring (bicyclic) bond motifs is 1. The number of carboxylic acid groups (broad SMARTS) is 1. The summed E-state index contributed by atoms with van der Waals surface area (Å²) < 4.78 is 0. The van der Waals surface area contributed by atoms with Gasteiger partial charge < -0.3 is 5.11 Å². The van der Waals surface area contributed by atoms with Gasteiger partial charge in [-0.2, -0.15) is 0 Å². The van der Waals surface area contributed by atoms with Crippen molar-refractivity contribution < 1.29 is 9.90 Å². The van der Waals surface area contributed by atoms with Crippen molar-refractivity contribution in [1.82, 2.24) is 0 Å². The Morgan fingerprint density at radius 1 is 1.18 bits per heavy atom. The predicted octanol–water partition coefficient (Wildman–Crippen LogP) is 3.14. The first-order valence-electron chi connectivity index (χ1n) is 6.60. The molecule has 2 aliphatic carbocycles. The molecule has 0 bridgehead atoms. The van der Waals surface area contributed by atoms with E-state index >= 15 is 0 Å². The Bertz CT molecular complexity index is 446. The number of aliphatic carboxylic acids is 1. The molecule has 1 aromatic rings. The SMILES string of the molecule is O=C(O)C(c1ccc2c(c1)CCCC2)C1CC1. The number of aryl methyl sites for hydroxylation is 2. The molecular weight excluding hydrogens is 212 g/mol. The van der Waals surface area contributed by atoms with E-state index in [1.54, 1.807) is 0 Å². The van der Waals surface area contributed by atoms with Crippen LogP contribution in [0.2, 0.25) is 0 Å². The number of hydrogen-bond acceptors (Lipinski definition) is 1. The molecule has 0 amide bonds. The number of carboxylic acids is 1. The van der Waals surface area contributed by atoms with E-state index < -0.39 is 5.97 Å². The molecule has 1 fully saturated rings. The van der Waals surface area contributed by atoms with Crippen molar-refractivity contribution in [2.75, 3.05) is 0 Å². The molecule has 2 aliphatic rings. The second-order valence-corrected chi connectivity index (χ2v) is 5.39. The van der Waals surface area contributed by atoms with Crippen LogP contribution in [0.5, 0.6) is 0 Å². The minimum atomic E-state index is -0.650. The zero-order valence-electron chi connectivity index (χ0n) is 9.98. The molecule has 0 saturated heterocycles. The Kier molecular flexibility index (Phi) is 2.65. The molecule has 3 rings (SSSR count). The van der Waals surface area contributed by atoms with Crippen LogP contribution in [0.25, 0.3) is 0 Å². The molecule has 90 valence electrons. The van der Waals surface area contributed by atoms with Crippen molar-refractivity contribution in [3.63, 3.8) is 0 Å². The topological polar surface area (TPSA) is 37.3 Å². The molecule has 2 heteroatoms. The number of rotatable bonds is 3. The van der Waals surface area contributed by atoms with Gasteiger partial charge in [0.05, 0.1) is 5.92 Å². The third-order valence-corrected chi connectivity index (χ3v) is 4.09. The monoisotopic (exact) mass is 230 g/mol. The zero-order valence-corrected chi connectivity index (χ0v) is 9.98. The first-order valence-corrected chi connectivity index (χ1v) is 6.60. The highest BCUT2D eigenvalue weighted by Crippen LogP contribution is 2.43. The Morgan fingerprint density at radius 3 is 2.53 bits per heavy atom. The van der Waals surface area contributed by atoms with Crippen molar-refractivity contribution in [3.8, 4) is 0 Å². The van der Waals surface area contributed by atoms with Crippen LogP contribution in [0.3, 0.4) is 0 Å². The normalized spacial score (nSPS) is 20.7. The first kappa shape index (κ1) is 10.8. The summed E-state index contributed by atoms with van der Waals surface area (Å²) >= 11 is 0. The van der Waals surface area contributed by atoms with Gasteiger partial charge in [0.1, 0.15) is 0 Å². The Labute approximate surface area is 102 Å². The fourth-order valence-electron chi connectivity index (χ4n) is 2.99. The van der Waals surface area contributed by atoms with E-state index in [1.165, 1.54) is 24.0 Å². The van der Waals surface area contributed by atoms with E-state index in [1.807, 2.05) is 6.07 Å². The Hall–Kier alpha value is -1.31. The molecule has 1 saturated carbocycles. The Morgan fingerprint density at radius 2 is 1.88 bits per heavy atom. The van der Waals surface area contributed by atoms with Gasteiger partial charge in [0.15, 0.2) is 0 Å². The van der Waals surface area contributed by atoms with Gasteiger partial charge in [-0.25, -0.2) is 0 Å². The van der Waals surface area contributed by atoms with Crippen LogP contribution in [0.4, 0.5) is 0 Å². The summed E-state index contributed by atoms with van der Waals surface area (Å²) in [5, 5.41) is 9.34. The molecule has 0 aromatic heterocycles. The predicted molar refractivity (Wildman–Crippen MR) is 66.2 cm³/mol. The summed E-state index contributed by atoms with van der Waals surface area (Å²) in [6.45, 7) is 0. The molecule has 1 atom stereocenters. The van der Waals surface area contributed by atoms with E-state index in [0.717, 1.165) is 31.2 Å². The summed E-state index contributed by atoms with van der Waals surface area (Å²) in [6, 6.07) is 6.36. The smallest absolute Gasteiger partial charge is 0.311 e.